The number of nitrogens with zero attached hydrogens (tertiary/aromatic N) is 1. The van der Waals surface area contributed by atoms with Crippen LogP contribution < -0.4 is 9.50 Å². The second-order valence-electron chi connectivity index (χ2n) is 6.92. The highest BCUT2D eigenvalue weighted by molar-refractivity contribution is 9.11. The van der Waals surface area contributed by atoms with Gasteiger partial charge in [-0.2, -0.15) is 13.7 Å². The first kappa shape index (κ1) is 26.3. The van der Waals surface area contributed by atoms with Gasteiger partial charge in [0.15, 0.2) is 5.75 Å². The molecule has 0 radical (unpaired) electrons. The molecule has 0 aliphatic carbocycles. The van der Waals surface area contributed by atoms with Gasteiger partial charge in [-0.3, -0.25) is 4.79 Å². The summed E-state index contributed by atoms with van der Waals surface area (Å²) in [6.07, 6.45) is 1.35. The third-order valence-electron chi connectivity index (χ3n) is 4.38. The lowest BCUT2D eigenvalue weighted by atomic mass is 10.1. The van der Waals surface area contributed by atoms with Crippen molar-refractivity contribution in [2.75, 3.05) is 5.32 Å². The highest BCUT2D eigenvalue weighted by Gasteiger charge is 2.21. The minimum atomic E-state index is -4.08. The predicted molar refractivity (Wildman–Crippen MR) is 140 cm³/mol. The van der Waals surface area contributed by atoms with Gasteiger partial charge in [0.25, 0.3) is 5.91 Å². The van der Waals surface area contributed by atoms with Gasteiger partial charge in [0.2, 0.25) is 0 Å². The molecule has 3 rings (SSSR count). The van der Waals surface area contributed by atoms with Crippen LogP contribution in [-0.4, -0.2) is 14.3 Å². The van der Waals surface area contributed by atoms with Gasteiger partial charge in [0.05, 0.1) is 19.0 Å². The fraction of sp³-hybridized carbons (Fsp3) is 0.0435. The smallest absolute Gasteiger partial charge is 0.339 e. The Morgan fingerprint density at radius 3 is 2.21 bits per heavy atom. The van der Waals surface area contributed by atoms with Crippen molar-refractivity contribution >= 4 is 82.9 Å². The van der Waals surface area contributed by atoms with Gasteiger partial charge in [-0.15, -0.1) is 0 Å². The number of hydrogen-bond acceptors (Lipinski definition) is 5. The van der Waals surface area contributed by atoms with E-state index in [9.17, 15) is 18.5 Å². The number of nitriles is 1. The summed E-state index contributed by atoms with van der Waals surface area (Å²) in [6, 6.07) is 15.7. The summed E-state index contributed by atoms with van der Waals surface area (Å²) in [5, 5.41) is 12.6. The molecular weight excluding hydrogens is 631 g/mol. The molecule has 34 heavy (non-hydrogen) atoms. The quantitative estimate of drug-likeness (QED) is 0.175. The number of nitrogens with one attached hydrogen (secondary N) is 1. The molecule has 11 heteroatoms. The van der Waals surface area contributed by atoms with Crippen LogP contribution in [0.1, 0.15) is 11.1 Å². The van der Waals surface area contributed by atoms with Gasteiger partial charge in [-0.25, -0.2) is 0 Å². The Morgan fingerprint density at radius 2 is 1.65 bits per heavy atom. The van der Waals surface area contributed by atoms with Crippen molar-refractivity contribution in [2.45, 2.75) is 11.8 Å². The largest absolute Gasteiger partial charge is 0.377 e. The first-order chi connectivity index (χ1) is 16.0. The van der Waals surface area contributed by atoms with Crippen molar-refractivity contribution in [1.29, 1.82) is 5.26 Å². The van der Waals surface area contributed by atoms with Crippen LogP contribution in [0.2, 0.25) is 10.0 Å². The minimum absolute atomic E-state index is 0.00612. The molecule has 0 heterocycles. The minimum Gasteiger partial charge on any atom is -0.377 e. The topological polar surface area (TPSA) is 96.3 Å². The fourth-order valence-electron chi connectivity index (χ4n) is 2.69. The summed E-state index contributed by atoms with van der Waals surface area (Å²) in [4.78, 5) is 12.6. The first-order valence-electron chi connectivity index (χ1n) is 9.38. The molecule has 1 amide bonds. The van der Waals surface area contributed by atoms with Crippen LogP contribution in [0.4, 0.5) is 5.69 Å². The third kappa shape index (κ3) is 6.40. The maximum atomic E-state index is 12.6. The van der Waals surface area contributed by atoms with Crippen molar-refractivity contribution in [2.24, 2.45) is 0 Å². The van der Waals surface area contributed by atoms with E-state index in [-0.39, 0.29) is 21.2 Å². The summed E-state index contributed by atoms with van der Waals surface area (Å²) in [7, 11) is -4.08. The second kappa shape index (κ2) is 10.9. The number of carbonyl (C=O) groups excluding carboxylic acids is 1. The summed E-state index contributed by atoms with van der Waals surface area (Å²) in [5.41, 5.74) is 1.53. The van der Waals surface area contributed by atoms with E-state index in [1.165, 1.54) is 42.5 Å². The summed E-state index contributed by atoms with van der Waals surface area (Å²) in [5.74, 6) is -0.633. The molecule has 0 unspecified atom stereocenters. The Morgan fingerprint density at radius 1 is 1.03 bits per heavy atom. The predicted octanol–water partition coefficient (Wildman–Crippen LogP) is 7.14. The maximum Gasteiger partial charge on any atom is 0.339 e. The molecule has 0 atom stereocenters. The van der Waals surface area contributed by atoms with E-state index in [0.29, 0.717) is 25.2 Å². The highest BCUT2D eigenvalue weighted by atomic mass is 79.9. The standard InChI is InChI=1S/C23H14Br2Cl2N2O4S/c1-13-2-5-17(6-3-13)34(31,32)33-22-18(24)9-14(10-19(22)25)8-15(12-28)23(30)29-16-4-7-20(26)21(27)11-16/h2-11H,1H3,(H,29,30)/b15-8-. The zero-order chi connectivity index (χ0) is 25.0. The van der Waals surface area contributed by atoms with Gasteiger partial charge < -0.3 is 9.50 Å². The van der Waals surface area contributed by atoms with Crippen molar-refractivity contribution in [3.8, 4) is 11.8 Å². The lowest BCUT2D eigenvalue weighted by Crippen LogP contribution is -2.13. The number of aryl methyl sites for hydroxylation is 1. The molecule has 0 spiro atoms. The van der Waals surface area contributed by atoms with Crippen LogP contribution >= 0.6 is 55.1 Å². The van der Waals surface area contributed by atoms with Crippen LogP contribution in [0, 0.1) is 18.3 Å². The molecule has 3 aromatic carbocycles. The van der Waals surface area contributed by atoms with Crippen molar-refractivity contribution in [3.63, 3.8) is 0 Å². The Balaban J connectivity index is 1.86. The Labute approximate surface area is 223 Å². The normalized spacial score (nSPS) is 11.6. The zero-order valence-electron chi connectivity index (χ0n) is 17.3. The molecule has 3 aromatic rings. The van der Waals surface area contributed by atoms with E-state index in [0.717, 1.165) is 5.56 Å². The van der Waals surface area contributed by atoms with Crippen molar-refractivity contribution in [1.82, 2.24) is 0 Å². The maximum absolute atomic E-state index is 12.6. The van der Waals surface area contributed by atoms with Gasteiger partial charge in [0.1, 0.15) is 16.5 Å². The molecule has 0 saturated heterocycles. The molecule has 0 saturated carbocycles. The molecule has 0 aliphatic heterocycles. The highest BCUT2D eigenvalue weighted by Crippen LogP contribution is 2.37. The number of amides is 1. The van der Waals surface area contributed by atoms with E-state index in [1.807, 2.05) is 13.0 Å². The fourth-order valence-corrected chi connectivity index (χ4v) is 5.55. The van der Waals surface area contributed by atoms with E-state index < -0.39 is 16.0 Å². The van der Waals surface area contributed by atoms with Crippen LogP contribution in [-0.2, 0) is 14.9 Å². The number of rotatable bonds is 6. The molecule has 0 aliphatic rings. The van der Waals surface area contributed by atoms with Crippen LogP contribution in [0.15, 0.2) is 74.0 Å². The van der Waals surface area contributed by atoms with Gasteiger partial charge in [-0.05, 0) is 92.9 Å². The monoisotopic (exact) mass is 642 g/mol. The van der Waals surface area contributed by atoms with Crippen molar-refractivity contribution < 1.29 is 17.4 Å². The average molecular weight is 645 g/mol. The Bertz CT molecular complexity index is 1430. The lowest BCUT2D eigenvalue weighted by Gasteiger charge is -2.12. The van der Waals surface area contributed by atoms with Gasteiger partial charge >= 0.3 is 10.1 Å². The Kier molecular flexibility index (Phi) is 8.44. The van der Waals surface area contributed by atoms with Crippen LogP contribution in [0.5, 0.6) is 5.75 Å². The number of hydrogen-bond donors (Lipinski definition) is 1. The summed E-state index contributed by atoms with van der Waals surface area (Å²) >= 11 is 18.4. The van der Waals surface area contributed by atoms with Gasteiger partial charge in [0, 0.05) is 5.69 Å². The number of anilines is 1. The molecule has 0 bridgehead atoms. The third-order valence-corrected chi connectivity index (χ3v) is 7.53. The number of carbonyl (C=O) groups is 1. The van der Waals surface area contributed by atoms with Crippen LogP contribution in [0.25, 0.3) is 6.08 Å². The average Bonchev–Trinajstić information content (AvgIpc) is 2.77. The van der Waals surface area contributed by atoms with E-state index in [1.54, 1.807) is 18.2 Å². The SMILES string of the molecule is Cc1ccc(S(=O)(=O)Oc2c(Br)cc(/C=C(/C#N)C(=O)Nc3ccc(Cl)c(Cl)c3)cc2Br)cc1. The van der Waals surface area contributed by atoms with E-state index in [4.69, 9.17) is 27.4 Å². The molecule has 0 fully saturated rings. The molecule has 0 aromatic heterocycles. The summed E-state index contributed by atoms with van der Waals surface area (Å²) < 4.78 is 31.2. The van der Waals surface area contributed by atoms with E-state index in [2.05, 4.69) is 37.2 Å². The zero-order valence-corrected chi connectivity index (χ0v) is 22.8. The Hall–Kier alpha value is -2.35. The molecular formula is C23H14Br2Cl2N2O4S. The summed E-state index contributed by atoms with van der Waals surface area (Å²) in [6.45, 7) is 1.84. The second-order valence-corrected chi connectivity index (χ2v) is 11.0. The number of halogens is 4. The lowest BCUT2D eigenvalue weighted by molar-refractivity contribution is -0.112. The van der Waals surface area contributed by atoms with Crippen molar-refractivity contribution in [3.05, 3.63) is 90.3 Å². The number of benzene rings is 3. The van der Waals surface area contributed by atoms with Crippen LogP contribution in [0.3, 0.4) is 0 Å². The molecule has 6 nitrogen and oxygen atoms in total. The first-order valence-corrected chi connectivity index (χ1v) is 13.1. The van der Waals surface area contributed by atoms with E-state index >= 15 is 0 Å². The molecule has 1 N–H and O–H groups in total. The van der Waals surface area contributed by atoms with Gasteiger partial charge in [-0.1, -0.05) is 40.9 Å². The molecule has 174 valence electrons.